The molecule has 1 aromatic heterocycles. The lowest BCUT2D eigenvalue weighted by molar-refractivity contribution is 0.187. The van der Waals surface area contributed by atoms with Crippen LogP contribution in [0, 0.1) is 12.8 Å². The molecule has 3 rings (SSSR count). The van der Waals surface area contributed by atoms with Crippen LogP contribution in [0.15, 0.2) is 52.1 Å². The van der Waals surface area contributed by atoms with Crippen LogP contribution in [0.25, 0.3) is 0 Å². The molecule has 2 aromatic rings. The van der Waals surface area contributed by atoms with Crippen LogP contribution in [-0.4, -0.2) is 32.3 Å². The Kier molecular flexibility index (Phi) is 6.72. The van der Waals surface area contributed by atoms with Gasteiger partial charge in [-0.05, 0) is 43.5 Å². The SMILES string of the molecule is Cc1ccccc1C(C)NC(=NCC1CCOC1)NCCc1ccco1. The third-order valence-corrected chi connectivity index (χ3v) is 4.78. The lowest BCUT2D eigenvalue weighted by Gasteiger charge is -2.20. The molecular formula is C21H29N3O2. The molecule has 1 fully saturated rings. The van der Waals surface area contributed by atoms with Gasteiger partial charge in [0, 0.05) is 32.0 Å². The van der Waals surface area contributed by atoms with E-state index in [4.69, 9.17) is 14.1 Å². The first-order valence-corrected chi connectivity index (χ1v) is 9.43. The average Bonchev–Trinajstić information content (AvgIpc) is 3.33. The number of rotatable bonds is 7. The second-order valence-electron chi connectivity index (χ2n) is 6.90. The van der Waals surface area contributed by atoms with Crippen LogP contribution in [0.4, 0.5) is 0 Å². The molecule has 1 aromatic carbocycles. The summed E-state index contributed by atoms with van der Waals surface area (Å²) in [5.74, 6) is 2.35. The molecule has 2 N–H and O–H groups in total. The van der Waals surface area contributed by atoms with E-state index in [9.17, 15) is 0 Å². The van der Waals surface area contributed by atoms with Gasteiger partial charge in [-0.1, -0.05) is 24.3 Å². The predicted molar refractivity (Wildman–Crippen MR) is 104 cm³/mol. The molecule has 1 aliphatic rings. The second kappa shape index (κ2) is 9.43. The molecule has 0 amide bonds. The number of aliphatic imine (C=N–C) groups is 1. The zero-order valence-corrected chi connectivity index (χ0v) is 15.7. The molecule has 2 atom stereocenters. The van der Waals surface area contributed by atoms with Crippen molar-refractivity contribution in [3.8, 4) is 0 Å². The van der Waals surface area contributed by atoms with Gasteiger partial charge >= 0.3 is 0 Å². The highest BCUT2D eigenvalue weighted by Crippen LogP contribution is 2.17. The van der Waals surface area contributed by atoms with E-state index in [1.165, 1.54) is 11.1 Å². The Bertz CT molecular complexity index is 691. The minimum absolute atomic E-state index is 0.186. The number of guanidine groups is 1. The van der Waals surface area contributed by atoms with Gasteiger partial charge in [0.1, 0.15) is 5.76 Å². The Labute approximate surface area is 155 Å². The van der Waals surface area contributed by atoms with Crippen molar-refractivity contribution in [1.82, 2.24) is 10.6 Å². The number of nitrogens with zero attached hydrogens (tertiary/aromatic N) is 1. The third-order valence-electron chi connectivity index (χ3n) is 4.78. The molecule has 2 heterocycles. The molecule has 0 spiro atoms. The quantitative estimate of drug-likeness (QED) is 0.590. The summed E-state index contributed by atoms with van der Waals surface area (Å²) in [5, 5.41) is 6.99. The zero-order chi connectivity index (χ0) is 18.2. The van der Waals surface area contributed by atoms with Gasteiger partial charge in [0.2, 0.25) is 0 Å². The van der Waals surface area contributed by atoms with Gasteiger partial charge in [-0.15, -0.1) is 0 Å². The fourth-order valence-corrected chi connectivity index (χ4v) is 3.21. The fraction of sp³-hybridized carbons (Fsp3) is 0.476. The Balaban J connectivity index is 1.60. The van der Waals surface area contributed by atoms with Crippen molar-refractivity contribution in [3.63, 3.8) is 0 Å². The molecule has 5 heteroatoms. The summed E-state index contributed by atoms with van der Waals surface area (Å²) in [6.45, 7) is 7.55. The first-order valence-electron chi connectivity index (χ1n) is 9.43. The number of ether oxygens (including phenoxy) is 1. The van der Waals surface area contributed by atoms with E-state index in [-0.39, 0.29) is 6.04 Å². The van der Waals surface area contributed by atoms with Gasteiger partial charge in [-0.25, -0.2) is 0 Å². The topological polar surface area (TPSA) is 58.8 Å². The number of benzene rings is 1. The van der Waals surface area contributed by atoms with Crippen molar-refractivity contribution in [1.29, 1.82) is 0 Å². The second-order valence-corrected chi connectivity index (χ2v) is 6.90. The van der Waals surface area contributed by atoms with Crippen molar-refractivity contribution >= 4 is 5.96 Å². The van der Waals surface area contributed by atoms with Gasteiger partial charge in [0.05, 0.1) is 18.9 Å². The van der Waals surface area contributed by atoms with Crippen LogP contribution < -0.4 is 10.6 Å². The molecule has 140 valence electrons. The van der Waals surface area contributed by atoms with E-state index < -0.39 is 0 Å². The summed E-state index contributed by atoms with van der Waals surface area (Å²) in [6, 6.07) is 12.6. The highest BCUT2D eigenvalue weighted by Gasteiger charge is 2.16. The number of nitrogens with one attached hydrogen (secondary N) is 2. The van der Waals surface area contributed by atoms with Crippen molar-refractivity contribution in [2.45, 2.75) is 32.7 Å². The summed E-state index contributed by atoms with van der Waals surface area (Å²) in [5.41, 5.74) is 2.57. The predicted octanol–water partition coefficient (Wildman–Crippen LogP) is 3.46. The Morgan fingerprint density at radius 3 is 2.88 bits per heavy atom. The van der Waals surface area contributed by atoms with E-state index >= 15 is 0 Å². The van der Waals surface area contributed by atoms with E-state index in [0.717, 1.165) is 50.9 Å². The molecule has 1 aliphatic heterocycles. The number of furan rings is 1. The van der Waals surface area contributed by atoms with Crippen molar-refractivity contribution in [3.05, 3.63) is 59.5 Å². The first-order chi connectivity index (χ1) is 12.7. The third kappa shape index (κ3) is 5.36. The largest absolute Gasteiger partial charge is 0.469 e. The Hall–Kier alpha value is -2.27. The van der Waals surface area contributed by atoms with Gasteiger partial charge in [-0.3, -0.25) is 4.99 Å². The molecule has 0 saturated carbocycles. The molecule has 0 aliphatic carbocycles. The number of aryl methyl sites for hydroxylation is 1. The molecule has 5 nitrogen and oxygen atoms in total. The van der Waals surface area contributed by atoms with Crippen molar-refractivity contribution in [2.24, 2.45) is 10.9 Å². The maximum absolute atomic E-state index is 5.46. The molecule has 2 unspecified atom stereocenters. The maximum atomic E-state index is 5.46. The van der Waals surface area contributed by atoms with Crippen molar-refractivity contribution in [2.75, 3.05) is 26.3 Å². The smallest absolute Gasteiger partial charge is 0.191 e. The van der Waals surface area contributed by atoms with Crippen LogP contribution in [0.3, 0.4) is 0 Å². The molecule has 26 heavy (non-hydrogen) atoms. The summed E-state index contributed by atoms with van der Waals surface area (Å²) in [6.07, 6.45) is 3.64. The summed E-state index contributed by atoms with van der Waals surface area (Å²) >= 11 is 0. The van der Waals surface area contributed by atoms with E-state index in [2.05, 4.69) is 48.7 Å². The monoisotopic (exact) mass is 355 g/mol. The standard InChI is InChI=1S/C21H29N3O2/c1-16-6-3-4-8-20(16)17(2)24-21(23-14-18-10-13-25-15-18)22-11-9-19-7-5-12-26-19/h3-8,12,17-18H,9-11,13-15H2,1-2H3,(H2,22,23,24). The van der Waals surface area contributed by atoms with Gasteiger partial charge in [0.15, 0.2) is 5.96 Å². The minimum atomic E-state index is 0.186. The highest BCUT2D eigenvalue weighted by atomic mass is 16.5. The van der Waals surface area contributed by atoms with Crippen LogP contribution >= 0.6 is 0 Å². The molecule has 0 bridgehead atoms. The zero-order valence-electron chi connectivity index (χ0n) is 15.7. The normalized spacial score (nSPS) is 18.7. The van der Waals surface area contributed by atoms with Crippen LogP contribution in [0.1, 0.15) is 36.3 Å². The van der Waals surface area contributed by atoms with E-state index in [0.29, 0.717) is 5.92 Å². The highest BCUT2D eigenvalue weighted by molar-refractivity contribution is 5.80. The summed E-state index contributed by atoms with van der Waals surface area (Å²) in [4.78, 5) is 4.80. The minimum Gasteiger partial charge on any atom is -0.469 e. The van der Waals surface area contributed by atoms with Gasteiger partial charge < -0.3 is 19.8 Å². The van der Waals surface area contributed by atoms with Gasteiger partial charge in [-0.2, -0.15) is 0 Å². The van der Waals surface area contributed by atoms with E-state index in [1.54, 1.807) is 6.26 Å². The molecular weight excluding hydrogens is 326 g/mol. The fourth-order valence-electron chi connectivity index (χ4n) is 3.21. The van der Waals surface area contributed by atoms with E-state index in [1.807, 2.05) is 12.1 Å². The van der Waals surface area contributed by atoms with Crippen LogP contribution in [-0.2, 0) is 11.2 Å². The van der Waals surface area contributed by atoms with Crippen LogP contribution in [0.5, 0.6) is 0 Å². The summed E-state index contributed by atoms with van der Waals surface area (Å²) < 4.78 is 10.9. The average molecular weight is 355 g/mol. The lowest BCUT2D eigenvalue weighted by Crippen LogP contribution is -2.40. The maximum Gasteiger partial charge on any atom is 0.191 e. The number of hydrogen-bond acceptors (Lipinski definition) is 3. The first kappa shape index (κ1) is 18.5. The number of hydrogen-bond donors (Lipinski definition) is 2. The lowest BCUT2D eigenvalue weighted by atomic mass is 10.0. The Morgan fingerprint density at radius 1 is 1.27 bits per heavy atom. The molecule has 0 radical (unpaired) electrons. The Morgan fingerprint density at radius 2 is 2.15 bits per heavy atom. The molecule has 1 saturated heterocycles. The van der Waals surface area contributed by atoms with Crippen LogP contribution in [0.2, 0.25) is 0 Å². The summed E-state index contributed by atoms with van der Waals surface area (Å²) in [7, 11) is 0. The van der Waals surface area contributed by atoms with Crippen molar-refractivity contribution < 1.29 is 9.15 Å². The van der Waals surface area contributed by atoms with Gasteiger partial charge in [0.25, 0.3) is 0 Å².